The van der Waals surface area contributed by atoms with Crippen LogP contribution in [-0.2, 0) is 46.2 Å². The Morgan fingerprint density at radius 2 is 1.69 bits per heavy atom. The molecule has 400 valence electrons. The van der Waals surface area contributed by atoms with E-state index in [1.165, 1.54) is 14.0 Å². The second kappa shape index (κ2) is 23.8. The first-order chi connectivity index (χ1) is 33.4. The summed E-state index contributed by atoms with van der Waals surface area (Å²) in [5.74, 6) is -2.02. The molecule has 19 nitrogen and oxygen atoms in total. The molecule has 3 aliphatic rings. The van der Waals surface area contributed by atoms with Crippen molar-refractivity contribution in [3.8, 4) is 5.75 Å². The highest BCUT2D eigenvalue weighted by Gasteiger charge is 2.53. The monoisotopic (exact) mass is 1000 g/mol. The van der Waals surface area contributed by atoms with Gasteiger partial charge in [-0.1, -0.05) is 32.1 Å². The van der Waals surface area contributed by atoms with E-state index in [4.69, 9.17) is 33.2 Å². The highest BCUT2D eigenvalue weighted by atomic mass is 16.7. The largest absolute Gasteiger partial charge is 0.491 e. The molecule has 5 heterocycles. The molecular formula is C52H84N6O13. The number of hydrogen-bond donors (Lipinski definition) is 5. The van der Waals surface area contributed by atoms with Gasteiger partial charge in [0.2, 0.25) is 0 Å². The average molecular weight is 1000 g/mol. The van der Waals surface area contributed by atoms with Crippen LogP contribution in [0.3, 0.4) is 0 Å². The number of nitrogens with zero attached hydrogens (tertiary/aromatic N) is 6. The van der Waals surface area contributed by atoms with Crippen LogP contribution in [0.1, 0.15) is 101 Å². The summed E-state index contributed by atoms with van der Waals surface area (Å²) >= 11 is 0. The smallest absolute Gasteiger partial charge is 0.311 e. The maximum atomic E-state index is 14.5. The van der Waals surface area contributed by atoms with Crippen LogP contribution in [0.2, 0.25) is 0 Å². The lowest BCUT2D eigenvalue weighted by Crippen LogP contribution is -2.61. The van der Waals surface area contributed by atoms with Gasteiger partial charge in [0.05, 0.1) is 59.3 Å². The van der Waals surface area contributed by atoms with Gasteiger partial charge in [0.25, 0.3) is 0 Å². The zero-order valence-corrected chi connectivity index (χ0v) is 44.3. The minimum atomic E-state index is -1.83. The molecule has 71 heavy (non-hydrogen) atoms. The first-order valence-corrected chi connectivity index (χ1v) is 25.5. The van der Waals surface area contributed by atoms with Crippen molar-refractivity contribution in [2.45, 2.75) is 198 Å². The summed E-state index contributed by atoms with van der Waals surface area (Å²) in [5.41, 5.74) is -2.88. The van der Waals surface area contributed by atoms with Crippen LogP contribution < -0.4 is 4.74 Å². The zero-order chi connectivity index (χ0) is 52.2. The van der Waals surface area contributed by atoms with E-state index in [-0.39, 0.29) is 31.3 Å². The van der Waals surface area contributed by atoms with Gasteiger partial charge in [0, 0.05) is 68.8 Å². The molecule has 3 saturated heterocycles. The molecule has 6 rings (SSSR count). The zero-order valence-electron chi connectivity index (χ0n) is 44.3. The number of hydrogen-bond acceptors (Lipinski definition) is 18. The van der Waals surface area contributed by atoms with Gasteiger partial charge >= 0.3 is 5.97 Å². The van der Waals surface area contributed by atoms with Crippen LogP contribution in [0, 0.1) is 17.8 Å². The summed E-state index contributed by atoms with van der Waals surface area (Å²) in [7, 11) is 5.28. The molecule has 0 saturated carbocycles. The number of carbonyl (C=O) groups is 1. The molecular weight excluding hydrogens is 917 g/mol. The number of carbonyl (C=O) groups excluding carboxylic acids is 1. The van der Waals surface area contributed by atoms with Gasteiger partial charge in [-0.05, 0) is 112 Å². The standard InChI is InChI=1S/C52H84N6O13/c1-14-41-52(10,64)45(60)34(6)57(12)28-30(2)26-50(8,63)47(32(4)44(33(5)48(62)69-41)70-42-27-51(9,65-13)46(61)35(7)68-42)71-49-43(59)39(25-31(3)67-49)56(11)22-20-36-29-58(55-54-36)23-24-66-40-19-15-18-38-37(40)17-16-21-53-38/h15-19,21,29-35,39,41-47,49,59-61,63-64H,14,20,22-28H2,1-13H3/t30-,31-,32+,33-,34-,35+,39+,41-,42+,43-,44+,45-,46+,47-,49+,50-,51-,52-/m1/s1. The Morgan fingerprint density at radius 3 is 2.39 bits per heavy atom. The van der Waals surface area contributed by atoms with Gasteiger partial charge in [0.1, 0.15) is 42.4 Å². The summed E-state index contributed by atoms with van der Waals surface area (Å²) in [6.45, 7) is 19.4. The highest BCUT2D eigenvalue weighted by molar-refractivity contribution is 5.84. The number of aliphatic hydroxyl groups is 5. The Hall–Kier alpha value is -3.44. The number of esters is 1. The molecule has 0 unspecified atom stereocenters. The Morgan fingerprint density at radius 1 is 0.958 bits per heavy atom. The highest BCUT2D eigenvalue weighted by Crippen LogP contribution is 2.40. The summed E-state index contributed by atoms with van der Waals surface area (Å²) in [4.78, 5) is 22.9. The maximum Gasteiger partial charge on any atom is 0.311 e. The lowest BCUT2D eigenvalue weighted by Gasteiger charge is -2.49. The molecule has 0 aliphatic carbocycles. The van der Waals surface area contributed by atoms with Gasteiger partial charge in [-0.25, -0.2) is 4.68 Å². The summed E-state index contributed by atoms with van der Waals surface area (Å²) in [5, 5.41) is 69.4. The molecule has 2 aromatic heterocycles. The second-order valence-corrected chi connectivity index (χ2v) is 21.6. The third-order valence-corrected chi connectivity index (χ3v) is 15.6. The van der Waals surface area contributed by atoms with Gasteiger partial charge in [-0.3, -0.25) is 9.78 Å². The molecule has 1 aromatic carbocycles. The topological polar surface area (TPSA) is 233 Å². The van der Waals surface area contributed by atoms with Crippen LogP contribution in [0.5, 0.6) is 5.75 Å². The number of likely N-dealkylation sites (N-methyl/N-ethyl adjacent to an activating group) is 2. The first-order valence-electron chi connectivity index (χ1n) is 25.5. The predicted molar refractivity (Wildman–Crippen MR) is 264 cm³/mol. The number of ether oxygens (including phenoxy) is 7. The van der Waals surface area contributed by atoms with E-state index in [0.29, 0.717) is 39.1 Å². The van der Waals surface area contributed by atoms with E-state index in [1.54, 1.807) is 52.4 Å². The van der Waals surface area contributed by atoms with Gasteiger partial charge in [-0.15, -0.1) is 5.10 Å². The Bertz CT molecular complexity index is 2160. The van der Waals surface area contributed by atoms with E-state index < -0.39 is 102 Å². The maximum absolute atomic E-state index is 14.5. The number of benzene rings is 1. The number of aliphatic hydroxyl groups excluding tert-OH is 3. The molecule has 19 heteroatoms. The Labute approximate surface area is 420 Å². The normalized spacial score (nSPS) is 39.5. The number of pyridine rings is 1. The summed E-state index contributed by atoms with van der Waals surface area (Å²) in [6.07, 6.45) is -4.81. The third kappa shape index (κ3) is 13.3. The van der Waals surface area contributed by atoms with Crippen molar-refractivity contribution in [1.82, 2.24) is 29.8 Å². The summed E-state index contributed by atoms with van der Waals surface area (Å²) in [6, 6.07) is 8.67. The average Bonchev–Trinajstić information content (AvgIpc) is 3.79. The first kappa shape index (κ1) is 56.8. The minimum absolute atomic E-state index is 0.104. The van der Waals surface area contributed by atoms with Crippen LogP contribution >= 0.6 is 0 Å². The second-order valence-electron chi connectivity index (χ2n) is 21.6. The number of cyclic esters (lactones) is 1. The van der Waals surface area contributed by atoms with E-state index >= 15 is 0 Å². The van der Waals surface area contributed by atoms with E-state index in [9.17, 15) is 30.3 Å². The number of methoxy groups -OCH3 is 1. The van der Waals surface area contributed by atoms with Crippen molar-refractivity contribution < 1.29 is 63.5 Å². The SMILES string of the molecule is CC[C@H]1OC(=O)[C@H](C)[C@@H](O[C@H]2C[C@@](C)(OC)[C@@H](O)[C@H](C)O2)[C@H](C)[C@@H](O[C@@H]2O[C@H](C)C[C@H](N(C)CCc3cn(CCOc4cccc5ncccc45)nn3)[C@H]2O)[C@](C)(O)C[C@@H](C)CN(C)[C@H](C)[C@@H](O)[C@]1(C)O. The van der Waals surface area contributed by atoms with E-state index in [0.717, 1.165) is 22.3 Å². The van der Waals surface area contributed by atoms with Crippen molar-refractivity contribution in [3.05, 3.63) is 48.4 Å². The molecule has 3 fully saturated rings. The number of rotatable bonds is 14. The van der Waals surface area contributed by atoms with Crippen LogP contribution in [0.25, 0.3) is 10.9 Å². The Balaban J connectivity index is 1.23. The fraction of sp³-hybridized carbons (Fsp3) is 0.769. The van der Waals surface area contributed by atoms with E-state index in [2.05, 4.69) is 20.2 Å². The minimum Gasteiger partial charge on any atom is -0.491 e. The van der Waals surface area contributed by atoms with Crippen molar-refractivity contribution in [1.29, 1.82) is 0 Å². The molecule has 0 amide bonds. The lowest BCUT2D eigenvalue weighted by molar-refractivity contribution is -0.318. The third-order valence-electron chi connectivity index (χ3n) is 15.6. The Kier molecular flexibility index (Phi) is 19.1. The van der Waals surface area contributed by atoms with Gasteiger partial charge in [0.15, 0.2) is 12.6 Å². The quantitative estimate of drug-likeness (QED) is 0.145. The van der Waals surface area contributed by atoms with Crippen LogP contribution in [0.15, 0.2) is 42.7 Å². The fourth-order valence-electron chi connectivity index (χ4n) is 11.1. The molecule has 18 atom stereocenters. The fourth-order valence-corrected chi connectivity index (χ4v) is 11.1. The lowest BCUT2D eigenvalue weighted by atomic mass is 9.77. The van der Waals surface area contributed by atoms with Gasteiger partial charge in [-0.2, -0.15) is 0 Å². The molecule has 0 bridgehead atoms. The predicted octanol–water partition coefficient (Wildman–Crippen LogP) is 3.73. The van der Waals surface area contributed by atoms with Crippen molar-refractivity contribution in [2.75, 3.05) is 40.9 Å². The number of fused-ring (bicyclic) bond motifs is 1. The van der Waals surface area contributed by atoms with Crippen LogP contribution in [0.4, 0.5) is 0 Å². The molecule has 5 N–H and O–H groups in total. The van der Waals surface area contributed by atoms with Crippen molar-refractivity contribution in [2.24, 2.45) is 17.8 Å². The molecule has 0 spiro atoms. The molecule has 3 aliphatic heterocycles. The van der Waals surface area contributed by atoms with E-state index in [1.807, 2.05) is 76.3 Å². The molecule has 0 radical (unpaired) electrons. The van der Waals surface area contributed by atoms with Crippen LogP contribution in [-0.4, -0.2) is 192 Å². The van der Waals surface area contributed by atoms with Crippen molar-refractivity contribution in [3.63, 3.8) is 0 Å². The van der Waals surface area contributed by atoms with Crippen molar-refractivity contribution >= 4 is 16.9 Å². The summed E-state index contributed by atoms with van der Waals surface area (Å²) < 4.78 is 46.2. The molecule has 3 aromatic rings. The van der Waals surface area contributed by atoms with Gasteiger partial charge < -0.3 is 68.5 Å². The number of aromatic nitrogens is 4.